The molecule has 23 heavy (non-hydrogen) atoms. The van der Waals surface area contributed by atoms with Crippen molar-refractivity contribution in [2.75, 3.05) is 6.54 Å². The molecule has 120 valence electrons. The Morgan fingerprint density at radius 1 is 1.30 bits per heavy atom. The summed E-state index contributed by atoms with van der Waals surface area (Å²) in [6.07, 6.45) is 9.57. The highest BCUT2D eigenvalue weighted by Crippen LogP contribution is 2.24. The van der Waals surface area contributed by atoms with Gasteiger partial charge in [-0.15, -0.1) is 0 Å². The summed E-state index contributed by atoms with van der Waals surface area (Å²) in [7, 11) is 8.09. The van der Waals surface area contributed by atoms with Crippen LogP contribution >= 0.6 is 15.9 Å². The number of aryl methyl sites for hydroxylation is 1. The van der Waals surface area contributed by atoms with E-state index in [1.54, 1.807) is 0 Å². The molecule has 1 N–H and O–H groups in total. The van der Waals surface area contributed by atoms with Crippen molar-refractivity contribution in [3.63, 3.8) is 0 Å². The van der Waals surface area contributed by atoms with E-state index in [4.69, 9.17) is 7.85 Å². The molecule has 3 nitrogen and oxygen atoms in total. The predicted octanol–water partition coefficient (Wildman–Crippen LogP) is 3.43. The molecule has 2 radical (unpaired) electrons. The van der Waals surface area contributed by atoms with Gasteiger partial charge >= 0.3 is 0 Å². The lowest BCUT2D eigenvalue weighted by Gasteiger charge is -2.14. The summed E-state index contributed by atoms with van der Waals surface area (Å²) < 4.78 is 2.88. The van der Waals surface area contributed by atoms with E-state index in [-0.39, 0.29) is 5.91 Å². The van der Waals surface area contributed by atoms with Crippen LogP contribution in [0.3, 0.4) is 0 Å². The Morgan fingerprint density at radius 3 is 2.70 bits per heavy atom. The first kappa shape index (κ1) is 16.6. The van der Waals surface area contributed by atoms with Gasteiger partial charge in [-0.2, -0.15) is 0 Å². The van der Waals surface area contributed by atoms with Crippen LogP contribution in [0.25, 0.3) is 10.9 Å². The van der Waals surface area contributed by atoms with Crippen LogP contribution in [0.1, 0.15) is 48.9 Å². The summed E-state index contributed by atoms with van der Waals surface area (Å²) in [6.45, 7) is 0.769. The minimum Gasteiger partial charge on any atom is -0.352 e. The Hall–Kier alpha value is -1.23. The maximum Gasteiger partial charge on any atom is 0.253 e. The number of carbonyl (C=O) groups is 1. The van der Waals surface area contributed by atoms with Gasteiger partial charge in [0.1, 0.15) is 7.85 Å². The van der Waals surface area contributed by atoms with Crippen molar-refractivity contribution in [1.82, 2.24) is 9.88 Å². The van der Waals surface area contributed by atoms with Crippen molar-refractivity contribution in [2.45, 2.75) is 38.5 Å². The molecule has 1 aliphatic carbocycles. The van der Waals surface area contributed by atoms with Crippen LogP contribution in [-0.4, -0.2) is 24.9 Å². The fourth-order valence-electron chi connectivity index (χ4n) is 3.58. The molecule has 0 spiro atoms. The highest BCUT2D eigenvalue weighted by molar-refractivity contribution is 9.10. The molecule has 0 unspecified atom stereocenters. The van der Waals surface area contributed by atoms with Gasteiger partial charge in [0.2, 0.25) is 0 Å². The molecular weight excluding hydrogens is 351 g/mol. The van der Waals surface area contributed by atoms with E-state index in [1.165, 1.54) is 38.5 Å². The van der Waals surface area contributed by atoms with Gasteiger partial charge in [-0.1, -0.05) is 53.1 Å². The summed E-state index contributed by atoms with van der Waals surface area (Å²) in [5.41, 5.74) is 2.27. The highest BCUT2D eigenvalue weighted by atomic mass is 79.9. The van der Waals surface area contributed by atoms with Crippen LogP contribution in [0.5, 0.6) is 0 Å². The maximum atomic E-state index is 12.6. The van der Waals surface area contributed by atoms with E-state index in [9.17, 15) is 4.79 Å². The maximum absolute atomic E-state index is 12.6. The lowest BCUT2D eigenvalue weighted by atomic mass is 9.90. The average Bonchev–Trinajstić information content (AvgIpc) is 2.71. The Bertz CT molecular complexity index is 717. The van der Waals surface area contributed by atoms with Gasteiger partial charge < -0.3 is 9.88 Å². The third-order valence-corrected chi connectivity index (χ3v) is 5.31. The Morgan fingerprint density at radius 2 is 2.00 bits per heavy atom. The van der Waals surface area contributed by atoms with Gasteiger partial charge in [0.25, 0.3) is 5.91 Å². The molecule has 0 atom stereocenters. The predicted molar refractivity (Wildman–Crippen MR) is 99.5 cm³/mol. The van der Waals surface area contributed by atoms with Crippen LogP contribution in [-0.2, 0) is 7.05 Å². The minimum absolute atomic E-state index is 0.0196. The van der Waals surface area contributed by atoms with Crippen LogP contribution in [0.15, 0.2) is 22.8 Å². The number of aromatic nitrogens is 1. The lowest BCUT2D eigenvalue weighted by molar-refractivity contribution is 0.0947. The van der Waals surface area contributed by atoms with Crippen molar-refractivity contribution in [3.05, 3.63) is 28.4 Å². The number of nitrogens with one attached hydrogen (secondary N) is 1. The normalized spacial score (nSPS) is 16.4. The van der Waals surface area contributed by atoms with Crippen molar-refractivity contribution < 1.29 is 4.79 Å². The van der Waals surface area contributed by atoms with Gasteiger partial charge in [-0.3, -0.25) is 4.79 Å². The lowest BCUT2D eigenvalue weighted by Crippen LogP contribution is -2.29. The van der Waals surface area contributed by atoms with Crippen molar-refractivity contribution >= 4 is 46.0 Å². The molecule has 0 aliphatic heterocycles. The van der Waals surface area contributed by atoms with Gasteiger partial charge in [0.05, 0.1) is 5.56 Å². The Balaban J connectivity index is 1.78. The second kappa shape index (κ2) is 7.12. The van der Waals surface area contributed by atoms with Gasteiger partial charge in [0.15, 0.2) is 0 Å². The number of fused-ring (bicyclic) bond motifs is 1. The molecule has 1 aromatic carbocycles. The number of benzene rings is 1. The second-order valence-electron chi connectivity index (χ2n) is 6.61. The monoisotopic (exact) mass is 372 g/mol. The van der Waals surface area contributed by atoms with Gasteiger partial charge in [0, 0.05) is 35.2 Å². The summed E-state index contributed by atoms with van der Waals surface area (Å²) in [4.78, 5) is 12.6. The van der Waals surface area contributed by atoms with Crippen molar-refractivity contribution in [1.29, 1.82) is 0 Å². The van der Waals surface area contributed by atoms with Crippen LogP contribution in [0.2, 0.25) is 0 Å². The number of nitrogens with zero attached hydrogens (tertiary/aromatic N) is 1. The molecule has 0 bridgehead atoms. The molecule has 2 aromatic rings. The standard InChI is InChI=1S/C18H22BBrN2O/c1-22-11-14(17-15(19)8-13(20)9-16(17)22)18(23)21-10-12-6-4-2-3-5-7-12/h8-9,11-12H,2-7,10H2,1H3,(H,21,23). The average molecular weight is 373 g/mol. The second-order valence-corrected chi connectivity index (χ2v) is 7.53. The van der Waals surface area contributed by atoms with Crippen molar-refractivity contribution in [3.8, 4) is 0 Å². The van der Waals surface area contributed by atoms with E-state index in [1.807, 2.05) is 29.9 Å². The zero-order valence-corrected chi connectivity index (χ0v) is 15.2. The van der Waals surface area contributed by atoms with E-state index < -0.39 is 0 Å². The molecule has 1 fully saturated rings. The largest absolute Gasteiger partial charge is 0.352 e. The topological polar surface area (TPSA) is 34.0 Å². The zero-order chi connectivity index (χ0) is 16.4. The summed E-state index contributed by atoms with van der Waals surface area (Å²) in [5.74, 6) is 0.594. The SMILES string of the molecule is [B]c1cc(Br)cc2c1c(C(=O)NCC1CCCCCC1)cn2C. The molecule has 5 heteroatoms. The summed E-state index contributed by atoms with van der Waals surface area (Å²) in [5, 5.41) is 3.97. The van der Waals surface area contributed by atoms with Crippen LogP contribution < -0.4 is 10.8 Å². The van der Waals surface area contributed by atoms with Gasteiger partial charge in [-0.25, -0.2) is 0 Å². The Kier molecular flexibility index (Phi) is 5.15. The third kappa shape index (κ3) is 3.65. The molecule has 3 rings (SSSR count). The fourth-order valence-corrected chi connectivity index (χ4v) is 4.05. The molecule has 1 saturated carbocycles. The zero-order valence-electron chi connectivity index (χ0n) is 13.6. The van der Waals surface area contributed by atoms with E-state index in [2.05, 4.69) is 21.2 Å². The fraction of sp³-hybridized carbons (Fsp3) is 0.500. The smallest absolute Gasteiger partial charge is 0.253 e. The van der Waals surface area contributed by atoms with E-state index in [0.717, 1.165) is 21.9 Å². The molecule has 1 heterocycles. The molecule has 1 aromatic heterocycles. The van der Waals surface area contributed by atoms with Crippen LogP contribution in [0, 0.1) is 5.92 Å². The molecule has 1 aliphatic rings. The number of rotatable bonds is 3. The minimum atomic E-state index is -0.0196. The first-order valence-corrected chi connectivity index (χ1v) is 9.18. The number of halogens is 1. The van der Waals surface area contributed by atoms with E-state index >= 15 is 0 Å². The molecule has 0 saturated heterocycles. The summed E-state index contributed by atoms with van der Waals surface area (Å²) in [6, 6.07) is 3.85. The number of carbonyl (C=O) groups excluding carboxylic acids is 1. The van der Waals surface area contributed by atoms with Crippen molar-refractivity contribution in [2.24, 2.45) is 13.0 Å². The summed E-state index contributed by atoms with van der Waals surface area (Å²) >= 11 is 3.46. The number of amides is 1. The Labute approximate surface area is 147 Å². The number of hydrogen-bond donors (Lipinski definition) is 1. The molecule has 1 amide bonds. The molecular formula is C18H22BBrN2O. The first-order valence-electron chi connectivity index (χ1n) is 8.38. The highest BCUT2D eigenvalue weighted by Gasteiger charge is 2.18. The van der Waals surface area contributed by atoms with E-state index in [0.29, 0.717) is 16.9 Å². The van der Waals surface area contributed by atoms with Gasteiger partial charge in [-0.05, 0) is 24.8 Å². The quantitative estimate of drug-likeness (QED) is 0.649. The number of hydrogen-bond acceptors (Lipinski definition) is 1. The third-order valence-electron chi connectivity index (χ3n) is 4.86. The first-order chi connectivity index (χ1) is 11.1. The van der Waals surface area contributed by atoms with Crippen LogP contribution in [0.4, 0.5) is 0 Å².